The normalized spacial score (nSPS) is 27.2. The third-order valence-corrected chi connectivity index (χ3v) is 8.44. The Hall–Kier alpha value is -2.97. The zero-order chi connectivity index (χ0) is 24.5. The number of rotatable bonds is 7. The van der Waals surface area contributed by atoms with Crippen molar-refractivity contribution in [2.75, 3.05) is 71.2 Å². The lowest BCUT2D eigenvalue weighted by Gasteiger charge is -2.51. The number of carbonyl (C=O) groups excluding carboxylic acids is 1. The lowest BCUT2D eigenvalue weighted by molar-refractivity contribution is -0.0120. The molecule has 5 aliphatic rings. The molecule has 1 N–H and O–H groups in total. The Balaban J connectivity index is 0.981. The van der Waals surface area contributed by atoms with Gasteiger partial charge in [0, 0.05) is 57.4 Å². The Labute approximate surface area is 213 Å². The number of piperidine rings is 3. The Morgan fingerprint density at radius 2 is 1.89 bits per heavy atom. The summed E-state index contributed by atoms with van der Waals surface area (Å²) in [6.45, 7) is 8.65. The molecule has 8 nitrogen and oxygen atoms in total. The second-order valence-corrected chi connectivity index (χ2v) is 10.4. The fourth-order valence-electron chi connectivity index (χ4n) is 6.41. The van der Waals surface area contributed by atoms with Gasteiger partial charge in [-0.25, -0.2) is 0 Å². The number of carbonyl (C=O) groups is 1. The SMILES string of the molecule is COc1ccccc1N1CCN(C[C@H]2CN3CC[C@H]2C[C@@H]3CNC(=O)c2ccc3c(c2)OCO3)CC1. The number of fused-ring (bicyclic) bond motifs is 4. The highest BCUT2D eigenvalue weighted by Gasteiger charge is 2.40. The first-order valence-corrected chi connectivity index (χ1v) is 13.2. The van der Waals surface area contributed by atoms with E-state index in [1.54, 1.807) is 19.2 Å². The second-order valence-electron chi connectivity index (χ2n) is 10.4. The summed E-state index contributed by atoms with van der Waals surface area (Å²) in [5, 5.41) is 3.17. The van der Waals surface area contributed by atoms with Gasteiger partial charge in [0.2, 0.25) is 6.79 Å². The van der Waals surface area contributed by atoms with Gasteiger partial charge in [-0.1, -0.05) is 12.1 Å². The number of hydrogen-bond donors (Lipinski definition) is 1. The van der Waals surface area contributed by atoms with E-state index in [9.17, 15) is 4.79 Å². The third-order valence-electron chi connectivity index (χ3n) is 8.44. The van der Waals surface area contributed by atoms with Crippen LogP contribution < -0.4 is 24.4 Å². The molecule has 8 heteroatoms. The van der Waals surface area contributed by atoms with E-state index >= 15 is 0 Å². The lowest BCUT2D eigenvalue weighted by Crippen LogP contribution is -2.59. The van der Waals surface area contributed by atoms with E-state index in [1.165, 1.54) is 25.1 Å². The minimum absolute atomic E-state index is 0.0413. The Kier molecular flexibility index (Phi) is 6.63. The van der Waals surface area contributed by atoms with Crippen LogP contribution in [0.4, 0.5) is 5.69 Å². The van der Waals surface area contributed by atoms with Crippen LogP contribution in [0.5, 0.6) is 17.2 Å². The summed E-state index contributed by atoms with van der Waals surface area (Å²) < 4.78 is 16.3. The quantitative estimate of drug-likeness (QED) is 0.638. The van der Waals surface area contributed by atoms with Gasteiger partial charge >= 0.3 is 0 Å². The monoisotopic (exact) mass is 492 g/mol. The first kappa shape index (κ1) is 23.4. The van der Waals surface area contributed by atoms with Crippen LogP contribution in [-0.4, -0.2) is 88.0 Å². The molecule has 7 rings (SSSR count). The molecule has 4 atom stereocenters. The molecule has 2 bridgehead atoms. The Morgan fingerprint density at radius 1 is 1.06 bits per heavy atom. The van der Waals surface area contributed by atoms with Crippen molar-refractivity contribution in [2.24, 2.45) is 11.8 Å². The van der Waals surface area contributed by atoms with Gasteiger partial charge in [-0.2, -0.15) is 0 Å². The maximum absolute atomic E-state index is 12.7. The standard InChI is InChI=1S/C28H36N4O4/c1-34-25-5-3-2-4-24(25)31-12-10-30(11-13-31)17-22-18-32-9-8-20(22)14-23(32)16-29-28(33)21-6-7-26-27(15-21)36-19-35-26/h2-7,15,20,22-23H,8-14,16-19H2,1H3,(H,29,33)/t20-,22-,23+/m0/s1. The largest absolute Gasteiger partial charge is 0.495 e. The van der Waals surface area contributed by atoms with Gasteiger partial charge in [0.1, 0.15) is 5.75 Å². The molecule has 2 aromatic rings. The number of piperazine rings is 1. The summed E-state index contributed by atoms with van der Waals surface area (Å²) in [6, 6.07) is 14.1. The fraction of sp³-hybridized carbons (Fsp3) is 0.536. The number of hydrogen-bond acceptors (Lipinski definition) is 7. The van der Waals surface area contributed by atoms with Crippen molar-refractivity contribution in [1.82, 2.24) is 15.1 Å². The van der Waals surface area contributed by atoms with Crippen LogP contribution >= 0.6 is 0 Å². The van der Waals surface area contributed by atoms with E-state index in [4.69, 9.17) is 14.2 Å². The molecule has 4 fully saturated rings. The van der Waals surface area contributed by atoms with Crippen molar-refractivity contribution in [3.8, 4) is 17.2 Å². The maximum Gasteiger partial charge on any atom is 0.251 e. The van der Waals surface area contributed by atoms with Crippen molar-refractivity contribution in [1.29, 1.82) is 0 Å². The highest BCUT2D eigenvalue weighted by atomic mass is 16.7. The second kappa shape index (κ2) is 10.2. The predicted molar refractivity (Wildman–Crippen MR) is 138 cm³/mol. The number of benzene rings is 2. The third kappa shape index (κ3) is 4.72. The van der Waals surface area contributed by atoms with Gasteiger partial charge < -0.3 is 24.4 Å². The zero-order valence-corrected chi connectivity index (χ0v) is 21.0. The summed E-state index contributed by atoms with van der Waals surface area (Å²) in [4.78, 5) is 20.4. The molecule has 36 heavy (non-hydrogen) atoms. The lowest BCUT2D eigenvalue weighted by atomic mass is 9.75. The number of methoxy groups -OCH3 is 1. The zero-order valence-electron chi connectivity index (χ0n) is 21.0. The van der Waals surface area contributed by atoms with Crippen LogP contribution in [0.15, 0.2) is 42.5 Å². The van der Waals surface area contributed by atoms with Crippen LogP contribution in [0.1, 0.15) is 23.2 Å². The van der Waals surface area contributed by atoms with Gasteiger partial charge in [-0.15, -0.1) is 0 Å². The molecule has 1 amide bonds. The smallest absolute Gasteiger partial charge is 0.251 e. The van der Waals surface area contributed by atoms with E-state index < -0.39 is 0 Å². The molecule has 5 aliphatic heterocycles. The van der Waals surface area contributed by atoms with E-state index in [0.29, 0.717) is 29.6 Å². The number of nitrogens with one attached hydrogen (secondary N) is 1. The molecule has 0 radical (unpaired) electrons. The molecule has 0 aromatic heterocycles. The fourth-order valence-corrected chi connectivity index (χ4v) is 6.41. The highest BCUT2D eigenvalue weighted by Crippen LogP contribution is 2.37. The van der Waals surface area contributed by atoms with E-state index in [2.05, 4.69) is 32.1 Å². The molecular weight excluding hydrogens is 456 g/mol. The Bertz CT molecular complexity index is 1090. The van der Waals surface area contributed by atoms with Crippen LogP contribution in [0.2, 0.25) is 0 Å². The van der Waals surface area contributed by atoms with Crippen LogP contribution in [0.25, 0.3) is 0 Å². The van der Waals surface area contributed by atoms with Crippen molar-refractivity contribution >= 4 is 11.6 Å². The molecule has 0 spiro atoms. The maximum atomic E-state index is 12.7. The van der Waals surface area contributed by atoms with Gasteiger partial charge in [0.05, 0.1) is 12.8 Å². The Morgan fingerprint density at radius 3 is 2.69 bits per heavy atom. The summed E-state index contributed by atoms with van der Waals surface area (Å²) in [6.07, 6.45) is 2.45. The van der Waals surface area contributed by atoms with E-state index in [1.807, 2.05) is 18.2 Å². The van der Waals surface area contributed by atoms with Gasteiger partial charge in [0.25, 0.3) is 5.91 Å². The molecule has 0 aliphatic carbocycles. The first-order chi connectivity index (χ1) is 17.7. The number of para-hydroxylation sites is 2. The number of nitrogens with zero attached hydrogens (tertiary/aromatic N) is 3. The summed E-state index contributed by atoms with van der Waals surface area (Å²) in [5.74, 6) is 3.73. The van der Waals surface area contributed by atoms with Gasteiger partial charge in [-0.05, 0) is 61.6 Å². The highest BCUT2D eigenvalue weighted by molar-refractivity contribution is 5.94. The van der Waals surface area contributed by atoms with Crippen molar-refractivity contribution in [3.05, 3.63) is 48.0 Å². The molecule has 192 valence electrons. The van der Waals surface area contributed by atoms with E-state index in [0.717, 1.165) is 56.9 Å². The molecule has 2 aromatic carbocycles. The van der Waals surface area contributed by atoms with Crippen molar-refractivity contribution in [3.63, 3.8) is 0 Å². The average molecular weight is 493 g/mol. The molecular formula is C28H36N4O4. The summed E-state index contributed by atoms with van der Waals surface area (Å²) >= 11 is 0. The predicted octanol–water partition coefficient (Wildman–Crippen LogP) is 2.69. The van der Waals surface area contributed by atoms with E-state index in [-0.39, 0.29) is 12.7 Å². The summed E-state index contributed by atoms with van der Waals surface area (Å²) in [7, 11) is 1.75. The van der Waals surface area contributed by atoms with Crippen LogP contribution in [0.3, 0.4) is 0 Å². The van der Waals surface area contributed by atoms with Crippen molar-refractivity contribution < 1.29 is 19.0 Å². The van der Waals surface area contributed by atoms with Gasteiger partial charge in [0.15, 0.2) is 11.5 Å². The number of amides is 1. The molecule has 1 unspecified atom stereocenters. The topological polar surface area (TPSA) is 66.5 Å². The number of anilines is 1. The summed E-state index contributed by atoms with van der Waals surface area (Å²) in [5.41, 5.74) is 1.83. The molecule has 5 heterocycles. The number of ether oxygens (including phenoxy) is 3. The first-order valence-electron chi connectivity index (χ1n) is 13.2. The minimum atomic E-state index is -0.0413. The van der Waals surface area contributed by atoms with Crippen molar-refractivity contribution in [2.45, 2.75) is 18.9 Å². The molecule has 0 saturated carbocycles. The minimum Gasteiger partial charge on any atom is -0.495 e. The van der Waals surface area contributed by atoms with Crippen LogP contribution in [0, 0.1) is 11.8 Å². The average Bonchev–Trinajstić information content (AvgIpc) is 3.41. The van der Waals surface area contributed by atoms with Crippen LogP contribution in [-0.2, 0) is 0 Å². The van der Waals surface area contributed by atoms with Gasteiger partial charge in [-0.3, -0.25) is 14.6 Å². The molecule has 4 saturated heterocycles.